The number of nitro benzene ring substituents is 1. The number of nitro groups is 1. The number of carbonyl (C=O) groups excluding carboxylic acids is 1. The highest BCUT2D eigenvalue weighted by atomic mass is 16.7. The van der Waals surface area contributed by atoms with Crippen molar-refractivity contribution in [3.05, 3.63) is 69.8 Å². The number of ether oxygens (including phenoxy) is 1. The predicted octanol–water partition coefficient (Wildman–Crippen LogP) is 2.79. The Kier molecular flexibility index (Phi) is 4.81. The summed E-state index contributed by atoms with van der Waals surface area (Å²) in [5, 5.41) is 14.2. The Morgan fingerprint density at radius 2 is 2.00 bits per heavy atom. The highest BCUT2D eigenvalue weighted by molar-refractivity contribution is 5.90. The van der Waals surface area contributed by atoms with Crippen molar-refractivity contribution in [3.8, 4) is 5.75 Å². The van der Waals surface area contributed by atoms with Crippen LogP contribution in [0.3, 0.4) is 0 Å². The summed E-state index contributed by atoms with van der Waals surface area (Å²) < 4.78 is 5.05. The number of oxime groups is 1. The molecule has 112 valence electrons. The maximum atomic E-state index is 11.7. The normalized spacial score (nSPS) is 10.4. The van der Waals surface area contributed by atoms with Gasteiger partial charge in [0.2, 0.25) is 0 Å². The van der Waals surface area contributed by atoms with Gasteiger partial charge in [0.15, 0.2) is 0 Å². The molecule has 0 spiro atoms. The average molecular weight is 300 g/mol. The molecule has 2 aromatic carbocycles. The summed E-state index contributed by atoms with van der Waals surface area (Å²) in [7, 11) is 1.54. The first-order chi connectivity index (χ1) is 10.6. The zero-order valence-corrected chi connectivity index (χ0v) is 11.6. The van der Waals surface area contributed by atoms with E-state index in [1.54, 1.807) is 31.4 Å². The number of benzene rings is 2. The molecule has 0 bridgehead atoms. The third-order valence-electron chi connectivity index (χ3n) is 2.72. The highest BCUT2D eigenvalue weighted by Crippen LogP contribution is 2.14. The molecular formula is C15H12N2O5. The molecule has 0 aliphatic carbocycles. The Labute approximate surface area is 125 Å². The van der Waals surface area contributed by atoms with Crippen molar-refractivity contribution in [1.29, 1.82) is 0 Å². The molecule has 0 radical (unpaired) electrons. The van der Waals surface area contributed by atoms with Crippen LogP contribution in [0.25, 0.3) is 0 Å². The Balaban J connectivity index is 2.04. The van der Waals surface area contributed by atoms with Gasteiger partial charge in [-0.2, -0.15) is 0 Å². The summed E-state index contributed by atoms with van der Waals surface area (Å²) in [4.78, 5) is 26.5. The first-order valence-electron chi connectivity index (χ1n) is 6.23. The van der Waals surface area contributed by atoms with E-state index in [1.807, 2.05) is 0 Å². The average Bonchev–Trinajstić information content (AvgIpc) is 2.55. The largest absolute Gasteiger partial charge is 0.497 e. The molecule has 2 rings (SSSR count). The van der Waals surface area contributed by atoms with E-state index < -0.39 is 10.9 Å². The molecular weight excluding hydrogens is 288 g/mol. The van der Waals surface area contributed by atoms with Crippen molar-refractivity contribution in [3.63, 3.8) is 0 Å². The van der Waals surface area contributed by atoms with E-state index in [0.717, 1.165) is 6.07 Å². The molecule has 0 aromatic heterocycles. The second-order valence-corrected chi connectivity index (χ2v) is 4.20. The van der Waals surface area contributed by atoms with E-state index in [4.69, 9.17) is 9.57 Å². The van der Waals surface area contributed by atoms with E-state index in [1.165, 1.54) is 24.4 Å². The van der Waals surface area contributed by atoms with E-state index in [2.05, 4.69) is 5.16 Å². The van der Waals surface area contributed by atoms with Gasteiger partial charge in [0.1, 0.15) is 5.75 Å². The van der Waals surface area contributed by atoms with Gasteiger partial charge < -0.3 is 9.57 Å². The third-order valence-corrected chi connectivity index (χ3v) is 2.72. The minimum absolute atomic E-state index is 0.0528. The van der Waals surface area contributed by atoms with Crippen molar-refractivity contribution in [2.45, 2.75) is 0 Å². The van der Waals surface area contributed by atoms with Crippen LogP contribution in [0.15, 0.2) is 53.7 Å². The molecule has 2 aromatic rings. The van der Waals surface area contributed by atoms with Crippen molar-refractivity contribution in [2.24, 2.45) is 5.16 Å². The van der Waals surface area contributed by atoms with Crippen LogP contribution in [-0.4, -0.2) is 24.2 Å². The molecule has 0 unspecified atom stereocenters. The van der Waals surface area contributed by atoms with Gasteiger partial charge in [0.25, 0.3) is 5.69 Å². The smallest absolute Gasteiger partial charge is 0.365 e. The van der Waals surface area contributed by atoms with Crippen molar-refractivity contribution in [2.75, 3.05) is 7.11 Å². The monoisotopic (exact) mass is 300 g/mol. The molecule has 0 heterocycles. The standard InChI is InChI=1S/C15H12N2O5/c1-21-14-7-2-4-11(8-14)10-16-22-15(18)12-5-3-6-13(9-12)17(19)20/h2-10H,1H3/b16-10-. The van der Waals surface area contributed by atoms with Gasteiger partial charge in [-0.05, 0) is 23.8 Å². The van der Waals surface area contributed by atoms with Gasteiger partial charge >= 0.3 is 5.97 Å². The molecule has 0 saturated carbocycles. The lowest BCUT2D eigenvalue weighted by Gasteiger charge is -2.00. The Morgan fingerprint density at radius 1 is 1.23 bits per heavy atom. The minimum atomic E-state index is -0.775. The second kappa shape index (κ2) is 6.98. The van der Waals surface area contributed by atoms with Crippen molar-refractivity contribution >= 4 is 17.9 Å². The molecule has 7 heteroatoms. The SMILES string of the molecule is COc1cccc(/C=N\OC(=O)c2cccc([N+](=O)[O-])c2)c1. The fraction of sp³-hybridized carbons (Fsp3) is 0.0667. The topological polar surface area (TPSA) is 91.0 Å². The lowest BCUT2D eigenvalue weighted by Crippen LogP contribution is -2.02. The Bertz CT molecular complexity index is 727. The fourth-order valence-corrected chi connectivity index (χ4v) is 1.66. The first kappa shape index (κ1) is 15.2. The number of hydrogen-bond donors (Lipinski definition) is 0. The molecule has 0 aliphatic rings. The molecule has 0 amide bonds. The molecule has 0 fully saturated rings. The van der Waals surface area contributed by atoms with Crippen LogP contribution in [0, 0.1) is 10.1 Å². The first-order valence-corrected chi connectivity index (χ1v) is 6.23. The number of nitrogens with zero attached hydrogens (tertiary/aromatic N) is 2. The van der Waals surface area contributed by atoms with Crippen LogP contribution >= 0.6 is 0 Å². The quantitative estimate of drug-likeness (QED) is 0.366. The summed E-state index contributed by atoms with van der Waals surface area (Å²) in [6.07, 6.45) is 1.35. The molecule has 0 atom stereocenters. The van der Waals surface area contributed by atoms with E-state index in [9.17, 15) is 14.9 Å². The van der Waals surface area contributed by atoms with Crippen molar-refractivity contribution in [1.82, 2.24) is 0 Å². The fourth-order valence-electron chi connectivity index (χ4n) is 1.66. The number of hydrogen-bond acceptors (Lipinski definition) is 6. The number of non-ortho nitro benzene ring substituents is 1. The zero-order valence-electron chi connectivity index (χ0n) is 11.6. The summed E-state index contributed by atoms with van der Waals surface area (Å²) in [6, 6.07) is 12.2. The van der Waals surface area contributed by atoms with Gasteiger partial charge in [-0.15, -0.1) is 0 Å². The molecule has 0 N–H and O–H groups in total. The predicted molar refractivity (Wildman–Crippen MR) is 79.1 cm³/mol. The maximum Gasteiger partial charge on any atom is 0.365 e. The van der Waals surface area contributed by atoms with Crippen molar-refractivity contribution < 1.29 is 19.3 Å². The lowest BCUT2D eigenvalue weighted by atomic mass is 10.2. The molecule has 0 saturated heterocycles. The van der Waals surface area contributed by atoms with E-state index >= 15 is 0 Å². The Morgan fingerprint density at radius 3 is 2.73 bits per heavy atom. The van der Waals surface area contributed by atoms with Crippen LogP contribution in [0.5, 0.6) is 5.75 Å². The van der Waals surface area contributed by atoms with Crippen LogP contribution in [0.4, 0.5) is 5.69 Å². The summed E-state index contributed by atoms with van der Waals surface area (Å²) in [5.41, 5.74) is 0.550. The lowest BCUT2D eigenvalue weighted by molar-refractivity contribution is -0.384. The minimum Gasteiger partial charge on any atom is -0.497 e. The van der Waals surface area contributed by atoms with E-state index in [-0.39, 0.29) is 11.3 Å². The Hall–Kier alpha value is -3.22. The zero-order chi connectivity index (χ0) is 15.9. The van der Waals surface area contributed by atoms with E-state index in [0.29, 0.717) is 11.3 Å². The molecule has 22 heavy (non-hydrogen) atoms. The second-order valence-electron chi connectivity index (χ2n) is 4.20. The maximum absolute atomic E-state index is 11.7. The van der Waals surface area contributed by atoms with Crippen LogP contribution < -0.4 is 4.74 Å². The van der Waals surface area contributed by atoms with Crippen LogP contribution in [-0.2, 0) is 4.84 Å². The van der Waals surface area contributed by atoms with Crippen LogP contribution in [0.2, 0.25) is 0 Å². The van der Waals surface area contributed by atoms with Crippen LogP contribution in [0.1, 0.15) is 15.9 Å². The summed E-state index contributed by atoms with van der Waals surface area (Å²) in [6.45, 7) is 0. The summed E-state index contributed by atoms with van der Waals surface area (Å²) in [5.74, 6) is -0.128. The van der Waals surface area contributed by atoms with Gasteiger partial charge in [-0.3, -0.25) is 10.1 Å². The number of methoxy groups -OCH3 is 1. The van der Waals surface area contributed by atoms with Gasteiger partial charge in [-0.1, -0.05) is 23.4 Å². The molecule has 0 aliphatic heterocycles. The number of rotatable bonds is 5. The highest BCUT2D eigenvalue weighted by Gasteiger charge is 2.12. The number of carbonyl (C=O) groups is 1. The molecule has 7 nitrogen and oxygen atoms in total. The third kappa shape index (κ3) is 3.89. The van der Waals surface area contributed by atoms with Gasteiger partial charge in [0, 0.05) is 12.1 Å². The summed E-state index contributed by atoms with van der Waals surface area (Å²) >= 11 is 0. The van der Waals surface area contributed by atoms with Gasteiger partial charge in [-0.25, -0.2) is 4.79 Å². The van der Waals surface area contributed by atoms with Gasteiger partial charge in [0.05, 0.1) is 23.8 Å².